The van der Waals surface area contributed by atoms with E-state index in [4.69, 9.17) is 0 Å². The average Bonchev–Trinajstić information content (AvgIpc) is 3.00. The van der Waals surface area contributed by atoms with Crippen molar-refractivity contribution in [3.05, 3.63) is 57.1 Å². The number of halogens is 1. The van der Waals surface area contributed by atoms with E-state index >= 15 is 0 Å². The number of hydrogen-bond donors (Lipinski definition) is 0. The first-order valence-corrected chi connectivity index (χ1v) is 13.2. The molecule has 2 aromatic carbocycles. The molecular weight excluding hydrogens is 504 g/mol. The molecule has 0 radical (unpaired) electrons. The van der Waals surface area contributed by atoms with Crippen molar-refractivity contribution in [2.45, 2.75) is 77.8 Å². The number of carbonyl (C=O) groups is 2. The molecule has 2 aromatic rings. The fourth-order valence-electron chi connectivity index (χ4n) is 4.40. The normalized spacial score (nSPS) is 17.4. The maximum absolute atomic E-state index is 14.2. The van der Waals surface area contributed by atoms with Crippen molar-refractivity contribution in [1.82, 2.24) is 4.31 Å². The molecular formula is C25H31BrN2O4S. The van der Waals surface area contributed by atoms with E-state index in [0.29, 0.717) is 23.2 Å². The van der Waals surface area contributed by atoms with Gasteiger partial charge in [-0.25, -0.2) is 13.3 Å². The molecule has 0 spiro atoms. The second kappa shape index (κ2) is 8.96. The quantitative estimate of drug-likeness (QED) is 0.477. The highest BCUT2D eigenvalue weighted by Gasteiger charge is 2.52. The minimum Gasteiger partial charge on any atom is -0.274 e. The van der Waals surface area contributed by atoms with E-state index in [-0.39, 0.29) is 11.3 Å². The highest BCUT2D eigenvalue weighted by Crippen LogP contribution is 2.38. The van der Waals surface area contributed by atoms with E-state index in [9.17, 15) is 18.0 Å². The van der Waals surface area contributed by atoms with Crippen LogP contribution in [0.1, 0.15) is 55.9 Å². The van der Waals surface area contributed by atoms with E-state index in [1.807, 2.05) is 26.8 Å². The highest BCUT2D eigenvalue weighted by atomic mass is 79.9. The molecule has 0 saturated carbocycles. The summed E-state index contributed by atoms with van der Waals surface area (Å²) in [5.74, 6) is -0.930. The summed E-state index contributed by atoms with van der Waals surface area (Å²) in [6.45, 7) is 12.8. The summed E-state index contributed by atoms with van der Waals surface area (Å²) in [6, 6.07) is 7.69. The molecule has 1 aliphatic heterocycles. The van der Waals surface area contributed by atoms with Crippen LogP contribution in [0.2, 0.25) is 0 Å². The summed E-state index contributed by atoms with van der Waals surface area (Å²) in [5.41, 5.74) is 2.62. The van der Waals surface area contributed by atoms with Gasteiger partial charge < -0.3 is 0 Å². The number of rotatable bonds is 6. The number of hydrogen-bond acceptors (Lipinski definition) is 4. The Balaban J connectivity index is 2.19. The number of carbonyl (C=O) groups excluding carboxylic acids is 2. The third kappa shape index (κ3) is 4.40. The summed E-state index contributed by atoms with van der Waals surface area (Å²) in [4.78, 5) is 27.9. The first kappa shape index (κ1) is 25.6. The number of anilines is 1. The smallest absolute Gasteiger partial charge is 0.252 e. The largest absolute Gasteiger partial charge is 0.274 e. The molecule has 6 nitrogen and oxygen atoms in total. The van der Waals surface area contributed by atoms with Gasteiger partial charge in [-0.3, -0.25) is 9.59 Å². The number of aryl methyl sites for hydroxylation is 2. The van der Waals surface area contributed by atoms with E-state index in [2.05, 4.69) is 15.9 Å². The van der Waals surface area contributed by atoms with Crippen molar-refractivity contribution in [3.8, 4) is 0 Å². The summed E-state index contributed by atoms with van der Waals surface area (Å²) in [7, 11) is -4.10. The van der Waals surface area contributed by atoms with Gasteiger partial charge in [-0.1, -0.05) is 28.9 Å². The monoisotopic (exact) mass is 534 g/mol. The van der Waals surface area contributed by atoms with Crippen LogP contribution in [0.25, 0.3) is 0 Å². The minimum absolute atomic E-state index is 0.194. The molecule has 0 bridgehead atoms. The van der Waals surface area contributed by atoms with Gasteiger partial charge in [0.1, 0.15) is 6.04 Å². The molecule has 1 atom stereocenters. The molecule has 0 aromatic heterocycles. The lowest BCUT2D eigenvalue weighted by Crippen LogP contribution is -2.55. The third-order valence-electron chi connectivity index (χ3n) is 6.77. The second-order valence-electron chi connectivity index (χ2n) is 9.32. The Bertz CT molecular complexity index is 1190. The molecule has 8 heteroatoms. The average molecular weight is 536 g/mol. The van der Waals surface area contributed by atoms with E-state index in [0.717, 1.165) is 20.5 Å². The van der Waals surface area contributed by atoms with Crippen LogP contribution in [-0.4, -0.2) is 36.1 Å². The van der Waals surface area contributed by atoms with E-state index in [1.165, 1.54) is 4.31 Å². The number of benzene rings is 2. The lowest BCUT2D eigenvalue weighted by Gasteiger charge is -2.40. The summed E-state index contributed by atoms with van der Waals surface area (Å²) in [5, 5.41) is 0. The predicted octanol–water partition coefficient (Wildman–Crippen LogP) is 5.19. The van der Waals surface area contributed by atoms with Crippen molar-refractivity contribution in [2.75, 3.05) is 4.90 Å². The van der Waals surface area contributed by atoms with Gasteiger partial charge in [0.25, 0.3) is 5.91 Å². The number of amides is 2. The van der Waals surface area contributed by atoms with Crippen molar-refractivity contribution in [2.24, 2.45) is 0 Å². The number of imide groups is 1. The number of nitrogens with zero attached hydrogens (tertiary/aromatic N) is 2. The fourth-order valence-corrected chi connectivity index (χ4v) is 7.23. The first-order valence-electron chi connectivity index (χ1n) is 11.0. The van der Waals surface area contributed by atoms with Crippen molar-refractivity contribution < 1.29 is 18.0 Å². The fraction of sp³-hybridized carbons (Fsp3) is 0.440. The molecule has 0 N–H and O–H groups in total. The van der Waals surface area contributed by atoms with E-state index in [1.54, 1.807) is 52.0 Å². The molecule has 1 heterocycles. The van der Waals surface area contributed by atoms with Gasteiger partial charge in [0, 0.05) is 10.0 Å². The van der Waals surface area contributed by atoms with Gasteiger partial charge >= 0.3 is 0 Å². The minimum atomic E-state index is -4.10. The molecule has 1 unspecified atom stereocenters. The standard InChI is InChI=1S/C25H31BrN2O4S/c1-8-25(6,7)28(33(31,32)23-17(4)15(2)13-16(3)18(23)5)21-14-22(29)27(24(21)30)20-11-9-19(26)10-12-20/h9-13,21H,8,14H2,1-7H3. The van der Waals surface area contributed by atoms with Gasteiger partial charge in [-0.15, -0.1) is 0 Å². The van der Waals surface area contributed by atoms with Crippen LogP contribution in [0, 0.1) is 27.7 Å². The molecule has 1 saturated heterocycles. The van der Waals surface area contributed by atoms with Gasteiger partial charge in [0.05, 0.1) is 17.0 Å². The van der Waals surface area contributed by atoms with Crippen LogP contribution in [0.3, 0.4) is 0 Å². The van der Waals surface area contributed by atoms with Crippen LogP contribution in [0.15, 0.2) is 39.7 Å². The zero-order chi connectivity index (χ0) is 24.9. The Hall–Kier alpha value is -2.03. The predicted molar refractivity (Wildman–Crippen MR) is 134 cm³/mol. The van der Waals surface area contributed by atoms with Crippen LogP contribution in [0.4, 0.5) is 5.69 Å². The Morgan fingerprint density at radius 3 is 2.03 bits per heavy atom. The van der Waals surface area contributed by atoms with Crippen LogP contribution in [-0.2, 0) is 19.6 Å². The van der Waals surface area contributed by atoms with Crippen LogP contribution >= 0.6 is 15.9 Å². The zero-order valence-corrected chi connectivity index (χ0v) is 22.6. The third-order valence-corrected chi connectivity index (χ3v) is 9.69. The molecule has 0 aliphatic carbocycles. The van der Waals surface area contributed by atoms with Crippen molar-refractivity contribution in [1.29, 1.82) is 0 Å². The topological polar surface area (TPSA) is 74.8 Å². The molecule has 3 rings (SSSR count). The van der Waals surface area contributed by atoms with Crippen molar-refractivity contribution >= 4 is 43.5 Å². The molecule has 1 aliphatic rings. The zero-order valence-electron chi connectivity index (χ0n) is 20.2. The Kier molecular flexibility index (Phi) is 6.95. The lowest BCUT2D eigenvalue weighted by atomic mass is 10.00. The second-order valence-corrected chi connectivity index (χ2v) is 12.0. The summed E-state index contributed by atoms with van der Waals surface area (Å²) in [6.07, 6.45) is 0.284. The van der Waals surface area contributed by atoms with Crippen LogP contribution in [0.5, 0.6) is 0 Å². The number of sulfonamides is 1. The lowest BCUT2D eigenvalue weighted by molar-refractivity contribution is -0.122. The Labute approximate surface area is 205 Å². The summed E-state index contributed by atoms with van der Waals surface area (Å²) < 4.78 is 30.6. The van der Waals surface area contributed by atoms with Gasteiger partial charge in [-0.05, 0) is 94.5 Å². The van der Waals surface area contributed by atoms with E-state index < -0.39 is 33.4 Å². The molecule has 178 valence electrons. The molecule has 33 heavy (non-hydrogen) atoms. The summed E-state index contributed by atoms with van der Waals surface area (Å²) >= 11 is 3.36. The maximum atomic E-state index is 14.2. The van der Waals surface area contributed by atoms with Gasteiger partial charge in [0.2, 0.25) is 15.9 Å². The molecule has 2 amide bonds. The van der Waals surface area contributed by atoms with Gasteiger partial charge in [0.15, 0.2) is 0 Å². The highest BCUT2D eigenvalue weighted by molar-refractivity contribution is 9.10. The Morgan fingerprint density at radius 2 is 1.55 bits per heavy atom. The Morgan fingerprint density at radius 1 is 1.03 bits per heavy atom. The SMILES string of the molecule is CCC(C)(C)N(C1CC(=O)N(c2ccc(Br)cc2)C1=O)S(=O)(=O)c1c(C)c(C)cc(C)c1C. The molecule has 1 fully saturated rings. The maximum Gasteiger partial charge on any atom is 0.252 e. The van der Waals surface area contributed by atoms with Crippen molar-refractivity contribution in [3.63, 3.8) is 0 Å². The first-order chi connectivity index (χ1) is 15.2. The van der Waals surface area contributed by atoms with Gasteiger partial charge in [-0.2, -0.15) is 4.31 Å². The van der Waals surface area contributed by atoms with Crippen LogP contribution < -0.4 is 4.90 Å².